The molecule has 0 aliphatic heterocycles. The summed E-state index contributed by atoms with van der Waals surface area (Å²) in [5.41, 5.74) is -0.339. The summed E-state index contributed by atoms with van der Waals surface area (Å²) in [6.45, 7) is 1.46. The van der Waals surface area contributed by atoms with Crippen LogP contribution in [0.3, 0.4) is 0 Å². The molecular weight excluding hydrogens is 165 g/mol. The van der Waals surface area contributed by atoms with Crippen LogP contribution >= 0.6 is 0 Å². The molecule has 12 heavy (non-hydrogen) atoms. The maximum atomic E-state index is 12.7. The molecule has 0 aliphatic carbocycles. The Bertz CT molecular complexity index is 338. The lowest BCUT2D eigenvalue weighted by Crippen LogP contribution is -1.92. The Labute approximate surface area is 67.4 Å². The van der Waals surface area contributed by atoms with Crippen molar-refractivity contribution in [1.29, 1.82) is 0 Å². The first-order chi connectivity index (χ1) is 5.52. The largest absolute Gasteiger partial charge is 0.508 e. The fourth-order valence-corrected chi connectivity index (χ4v) is 0.796. The monoisotopic (exact) mass is 171 g/mol. The maximum Gasteiger partial charge on any atom is 0.305 e. The van der Waals surface area contributed by atoms with Crippen molar-refractivity contribution in [3.63, 3.8) is 0 Å². The Morgan fingerprint density at radius 1 is 1.58 bits per heavy atom. The average molecular weight is 171 g/mol. The molecule has 1 aromatic carbocycles. The van der Waals surface area contributed by atoms with E-state index >= 15 is 0 Å². The van der Waals surface area contributed by atoms with E-state index in [2.05, 4.69) is 0 Å². The van der Waals surface area contributed by atoms with Gasteiger partial charge >= 0.3 is 5.69 Å². The number of aromatic hydroxyl groups is 1. The van der Waals surface area contributed by atoms with Crippen LogP contribution < -0.4 is 0 Å². The molecule has 4 nitrogen and oxygen atoms in total. The number of aryl methyl sites for hydroxylation is 1. The average Bonchev–Trinajstić information content (AvgIpc) is 1.96. The van der Waals surface area contributed by atoms with Crippen molar-refractivity contribution in [2.75, 3.05) is 0 Å². The summed E-state index contributed by atoms with van der Waals surface area (Å²) in [6.07, 6.45) is 0. The summed E-state index contributed by atoms with van der Waals surface area (Å²) in [5, 5.41) is 19.1. The van der Waals surface area contributed by atoms with E-state index in [-0.39, 0.29) is 11.3 Å². The molecule has 1 aromatic rings. The molecule has 0 unspecified atom stereocenters. The predicted molar refractivity (Wildman–Crippen MR) is 39.5 cm³/mol. The molecule has 0 fully saturated rings. The molecule has 5 heteroatoms. The summed E-state index contributed by atoms with van der Waals surface area (Å²) in [5.74, 6) is -1.30. The fourth-order valence-electron chi connectivity index (χ4n) is 0.796. The van der Waals surface area contributed by atoms with Crippen LogP contribution in [-0.2, 0) is 0 Å². The standard InChI is InChI=1S/C7H6FNO3/c1-4-2-6(9(11)12)5(8)3-7(4)10/h2-3,10H,1H3. The summed E-state index contributed by atoms with van der Waals surface area (Å²) < 4.78 is 12.7. The fraction of sp³-hybridized carbons (Fsp3) is 0.143. The Morgan fingerprint density at radius 3 is 2.67 bits per heavy atom. The number of phenolic OH excluding ortho intramolecular Hbond substituents is 1. The summed E-state index contributed by atoms with van der Waals surface area (Å²) in [6, 6.07) is 1.72. The third kappa shape index (κ3) is 1.34. The van der Waals surface area contributed by atoms with E-state index in [0.29, 0.717) is 0 Å². The highest BCUT2D eigenvalue weighted by molar-refractivity contribution is 5.43. The molecule has 0 heterocycles. The first-order valence-electron chi connectivity index (χ1n) is 3.16. The van der Waals surface area contributed by atoms with Crippen LogP contribution in [0.5, 0.6) is 5.75 Å². The topological polar surface area (TPSA) is 63.4 Å². The lowest BCUT2D eigenvalue weighted by molar-refractivity contribution is -0.387. The van der Waals surface area contributed by atoms with Crippen LogP contribution in [0.2, 0.25) is 0 Å². The van der Waals surface area contributed by atoms with E-state index in [9.17, 15) is 14.5 Å². The molecule has 1 N–H and O–H groups in total. The molecule has 1 rings (SSSR count). The zero-order valence-electron chi connectivity index (χ0n) is 6.24. The van der Waals surface area contributed by atoms with Crippen LogP contribution in [0, 0.1) is 22.9 Å². The van der Waals surface area contributed by atoms with Crippen LogP contribution in [0.15, 0.2) is 12.1 Å². The van der Waals surface area contributed by atoms with Gasteiger partial charge in [0.15, 0.2) is 0 Å². The number of rotatable bonds is 1. The zero-order chi connectivity index (χ0) is 9.30. The van der Waals surface area contributed by atoms with Crippen LogP contribution in [0.25, 0.3) is 0 Å². The van der Waals surface area contributed by atoms with E-state index in [4.69, 9.17) is 5.11 Å². The van der Waals surface area contributed by atoms with Gasteiger partial charge < -0.3 is 5.11 Å². The highest BCUT2D eigenvalue weighted by Crippen LogP contribution is 2.25. The third-order valence-electron chi connectivity index (χ3n) is 1.46. The first kappa shape index (κ1) is 8.45. The third-order valence-corrected chi connectivity index (χ3v) is 1.46. The molecule has 0 spiro atoms. The normalized spacial score (nSPS) is 9.83. The smallest absolute Gasteiger partial charge is 0.305 e. The summed E-state index contributed by atoms with van der Waals surface area (Å²) in [4.78, 5) is 9.34. The Kier molecular flexibility index (Phi) is 1.95. The minimum Gasteiger partial charge on any atom is -0.508 e. The zero-order valence-corrected chi connectivity index (χ0v) is 6.24. The molecule has 0 aliphatic rings. The highest BCUT2D eigenvalue weighted by Gasteiger charge is 2.15. The summed E-state index contributed by atoms with van der Waals surface area (Å²) in [7, 11) is 0. The molecule has 0 saturated heterocycles. The quantitative estimate of drug-likeness (QED) is 0.517. The van der Waals surface area contributed by atoms with E-state index in [1.165, 1.54) is 6.92 Å². The second-order valence-electron chi connectivity index (χ2n) is 2.35. The molecule has 0 aromatic heterocycles. The van der Waals surface area contributed by atoms with Gasteiger partial charge in [-0.05, 0) is 12.5 Å². The van der Waals surface area contributed by atoms with E-state index in [1.807, 2.05) is 0 Å². The van der Waals surface area contributed by atoms with Crippen LogP contribution in [-0.4, -0.2) is 10.0 Å². The van der Waals surface area contributed by atoms with Crippen LogP contribution in [0.1, 0.15) is 5.56 Å². The number of halogens is 1. The van der Waals surface area contributed by atoms with Crippen molar-refractivity contribution in [2.45, 2.75) is 6.92 Å². The van der Waals surface area contributed by atoms with Gasteiger partial charge in [0.05, 0.1) is 4.92 Å². The Balaban J connectivity index is 3.33. The number of hydrogen-bond donors (Lipinski definition) is 1. The van der Waals surface area contributed by atoms with Gasteiger partial charge in [-0.1, -0.05) is 0 Å². The van der Waals surface area contributed by atoms with Gasteiger partial charge in [0.2, 0.25) is 5.82 Å². The minimum absolute atomic E-state index is 0.280. The van der Waals surface area contributed by atoms with Gasteiger partial charge in [-0.15, -0.1) is 0 Å². The Hall–Kier alpha value is -1.65. The van der Waals surface area contributed by atoms with E-state index in [0.717, 1.165) is 12.1 Å². The van der Waals surface area contributed by atoms with Gasteiger partial charge in [0.25, 0.3) is 0 Å². The molecule has 0 saturated carbocycles. The number of hydrogen-bond acceptors (Lipinski definition) is 3. The number of phenols is 1. The molecule has 0 atom stereocenters. The first-order valence-corrected chi connectivity index (χ1v) is 3.16. The van der Waals surface area contributed by atoms with Gasteiger partial charge in [-0.25, -0.2) is 0 Å². The van der Waals surface area contributed by atoms with Crippen molar-refractivity contribution in [1.82, 2.24) is 0 Å². The number of nitro groups is 1. The van der Waals surface area contributed by atoms with E-state index < -0.39 is 16.4 Å². The van der Waals surface area contributed by atoms with Gasteiger partial charge in [-0.2, -0.15) is 4.39 Å². The molecule has 0 radical (unpaired) electrons. The number of benzene rings is 1. The molecule has 0 bridgehead atoms. The number of nitrogens with zero attached hydrogens (tertiary/aromatic N) is 1. The summed E-state index contributed by atoms with van der Waals surface area (Å²) >= 11 is 0. The second kappa shape index (κ2) is 2.77. The van der Waals surface area contributed by atoms with Crippen molar-refractivity contribution >= 4 is 5.69 Å². The predicted octanol–water partition coefficient (Wildman–Crippen LogP) is 1.75. The van der Waals surface area contributed by atoms with Crippen molar-refractivity contribution in [3.8, 4) is 5.75 Å². The van der Waals surface area contributed by atoms with Gasteiger partial charge in [0.1, 0.15) is 5.75 Å². The molecule has 0 amide bonds. The van der Waals surface area contributed by atoms with E-state index in [1.54, 1.807) is 0 Å². The second-order valence-corrected chi connectivity index (χ2v) is 2.35. The molecular formula is C7H6FNO3. The van der Waals surface area contributed by atoms with Crippen molar-refractivity contribution < 1.29 is 14.4 Å². The SMILES string of the molecule is Cc1cc([N+](=O)[O-])c(F)cc1O. The lowest BCUT2D eigenvalue weighted by Gasteiger charge is -1.98. The maximum absolute atomic E-state index is 12.7. The lowest BCUT2D eigenvalue weighted by atomic mass is 10.2. The van der Waals surface area contributed by atoms with Gasteiger partial charge in [0, 0.05) is 12.1 Å². The highest BCUT2D eigenvalue weighted by atomic mass is 19.1. The van der Waals surface area contributed by atoms with Crippen molar-refractivity contribution in [3.05, 3.63) is 33.6 Å². The Morgan fingerprint density at radius 2 is 2.17 bits per heavy atom. The van der Waals surface area contributed by atoms with Crippen LogP contribution in [0.4, 0.5) is 10.1 Å². The van der Waals surface area contributed by atoms with Crippen molar-refractivity contribution in [2.24, 2.45) is 0 Å². The number of nitro benzene ring substituents is 1. The minimum atomic E-state index is -1.02. The van der Waals surface area contributed by atoms with Gasteiger partial charge in [-0.3, -0.25) is 10.1 Å². The molecule has 64 valence electrons.